The van der Waals surface area contributed by atoms with Crippen molar-refractivity contribution in [1.82, 2.24) is 4.98 Å². The first kappa shape index (κ1) is 7.80. The second kappa shape index (κ2) is 3.20. The number of hydrogen-bond donors (Lipinski definition) is 0. The molecule has 0 fully saturated rings. The van der Waals surface area contributed by atoms with E-state index in [4.69, 9.17) is 11.0 Å². The van der Waals surface area contributed by atoms with Gasteiger partial charge in [-0.2, -0.15) is 0 Å². The van der Waals surface area contributed by atoms with Crippen LogP contribution in [0.25, 0.3) is 4.85 Å². The maximum absolute atomic E-state index is 6.57. The molecule has 0 aromatic carbocycles. The second-order valence-electron chi connectivity index (χ2n) is 2.38. The highest BCUT2D eigenvalue weighted by molar-refractivity contribution is 5.05. The van der Waals surface area contributed by atoms with Crippen molar-refractivity contribution in [2.45, 2.75) is 20.3 Å². The third-order valence-electron chi connectivity index (χ3n) is 1.51. The summed E-state index contributed by atoms with van der Waals surface area (Å²) in [5.74, 6) is 1.53. The Kier molecular flexibility index (Phi) is 2.27. The Morgan fingerprint density at radius 3 is 2.73 bits per heavy atom. The van der Waals surface area contributed by atoms with E-state index in [1.54, 1.807) is 0 Å². The van der Waals surface area contributed by atoms with E-state index >= 15 is 0 Å². The van der Waals surface area contributed by atoms with Gasteiger partial charge in [-0.25, -0.2) is 11.6 Å². The van der Waals surface area contributed by atoms with Gasteiger partial charge in [-0.15, -0.1) is 0 Å². The summed E-state index contributed by atoms with van der Waals surface area (Å²) >= 11 is 0. The van der Waals surface area contributed by atoms with Crippen molar-refractivity contribution in [3.05, 3.63) is 28.8 Å². The highest BCUT2D eigenvalue weighted by Crippen LogP contribution is 2.08. The third kappa shape index (κ3) is 1.81. The lowest BCUT2D eigenvalue weighted by atomic mass is 10.4. The van der Waals surface area contributed by atoms with E-state index in [2.05, 4.69) is 9.83 Å². The number of rotatable bonds is 2. The minimum Gasteiger partial charge on any atom is -0.445 e. The quantitative estimate of drug-likeness (QED) is 0.601. The van der Waals surface area contributed by atoms with Gasteiger partial charge < -0.3 is 9.26 Å². The van der Waals surface area contributed by atoms with E-state index in [1.807, 2.05) is 13.8 Å². The molecule has 0 radical (unpaired) electrons. The number of hydrogen-bond acceptors (Lipinski definition) is 2. The zero-order valence-electron chi connectivity index (χ0n) is 6.72. The first-order chi connectivity index (χ1) is 5.24. The average Bonchev–Trinajstić information content (AvgIpc) is 2.28. The van der Waals surface area contributed by atoms with E-state index in [9.17, 15) is 0 Å². The molecule has 1 aromatic rings. The number of oxazole rings is 1. The molecular weight excluding hydrogens is 140 g/mol. The van der Waals surface area contributed by atoms with Crippen LogP contribution in [0.1, 0.15) is 17.3 Å². The molecule has 0 saturated carbocycles. The fourth-order valence-electron chi connectivity index (χ4n) is 0.798. The van der Waals surface area contributed by atoms with Gasteiger partial charge in [-0.05, 0) is 13.8 Å². The summed E-state index contributed by atoms with van der Waals surface area (Å²) in [6.07, 6.45) is 0.623. The molecule has 3 heteroatoms. The minimum atomic E-state index is 0.458. The molecule has 58 valence electrons. The van der Waals surface area contributed by atoms with Gasteiger partial charge >= 0.3 is 0 Å². The Morgan fingerprint density at radius 1 is 1.55 bits per heavy atom. The summed E-state index contributed by atoms with van der Waals surface area (Å²) in [6.45, 7) is 10.8. The van der Waals surface area contributed by atoms with Crippen LogP contribution in [-0.2, 0) is 6.42 Å². The van der Waals surface area contributed by atoms with Crippen molar-refractivity contribution in [3.8, 4) is 0 Å². The van der Waals surface area contributed by atoms with Crippen LogP contribution in [-0.4, -0.2) is 11.5 Å². The number of nitrogens with zero attached hydrogens (tertiary/aromatic N) is 2. The molecule has 0 N–H and O–H groups in total. The average molecular weight is 150 g/mol. The van der Waals surface area contributed by atoms with Crippen molar-refractivity contribution >= 4 is 0 Å². The van der Waals surface area contributed by atoms with Crippen LogP contribution >= 0.6 is 0 Å². The summed E-state index contributed by atoms with van der Waals surface area (Å²) in [4.78, 5) is 7.36. The molecule has 0 amide bonds. The van der Waals surface area contributed by atoms with Crippen LogP contribution in [0.5, 0.6) is 0 Å². The molecule has 0 aliphatic heterocycles. The summed E-state index contributed by atoms with van der Waals surface area (Å²) in [6, 6.07) is 0. The lowest BCUT2D eigenvalue weighted by Gasteiger charge is -1.83. The molecular formula is C8H10N2O. The first-order valence-corrected chi connectivity index (χ1v) is 3.50. The van der Waals surface area contributed by atoms with Gasteiger partial charge in [-0.1, -0.05) is 0 Å². The lowest BCUT2D eigenvalue weighted by Crippen LogP contribution is -1.86. The maximum atomic E-state index is 6.57. The van der Waals surface area contributed by atoms with Crippen molar-refractivity contribution in [3.63, 3.8) is 0 Å². The van der Waals surface area contributed by atoms with E-state index in [-0.39, 0.29) is 0 Å². The Balaban J connectivity index is 2.67. The van der Waals surface area contributed by atoms with E-state index in [1.165, 1.54) is 0 Å². The molecule has 0 unspecified atom stereocenters. The van der Waals surface area contributed by atoms with Gasteiger partial charge in [0.2, 0.25) is 12.4 Å². The molecule has 11 heavy (non-hydrogen) atoms. The van der Waals surface area contributed by atoms with Crippen LogP contribution in [0.3, 0.4) is 0 Å². The molecule has 0 bridgehead atoms. The Hall–Kier alpha value is -1.30. The molecule has 0 aliphatic rings. The van der Waals surface area contributed by atoms with Gasteiger partial charge in [0, 0.05) is 0 Å². The highest BCUT2D eigenvalue weighted by atomic mass is 16.4. The molecule has 1 heterocycles. The molecule has 3 nitrogen and oxygen atoms in total. The van der Waals surface area contributed by atoms with Crippen molar-refractivity contribution in [2.24, 2.45) is 0 Å². The van der Waals surface area contributed by atoms with Crippen LogP contribution in [0.4, 0.5) is 0 Å². The molecule has 1 aromatic heterocycles. The standard InChI is InChI=1S/C8H10N2O/c1-6-7(2)11-8(10-6)4-5-9-3/h4-5H2,1-2H3. The molecule has 1 rings (SSSR count). The van der Waals surface area contributed by atoms with E-state index < -0.39 is 0 Å². The minimum absolute atomic E-state index is 0.458. The summed E-state index contributed by atoms with van der Waals surface area (Å²) < 4.78 is 5.26. The van der Waals surface area contributed by atoms with Crippen LogP contribution in [0, 0.1) is 20.4 Å². The fourth-order valence-corrected chi connectivity index (χ4v) is 0.798. The normalized spacial score (nSPS) is 9.55. The lowest BCUT2D eigenvalue weighted by molar-refractivity contribution is 0.475. The van der Waals surface area contributed by atoms with Crippen LogP contribution in [0.2, 0.25) is 0 Å². The molecule has 0 saturated heterocycles. The zero-order chi connectivity index (χ0) is 8.27. The molecule has 0 spiro atoms. The van der Waals surface area contributed by atoms with Crippen molar-refractivity contribution in [1.29, 1.82) is 0 Å². The van der Waals surface area contributed by atoms with E-state index in [0.717, 1.165) is 11.5 Å². The second-order valence-corrected chi connectivity index (χ2v) is 2.38. The first-order valence-electron chi connectivity index (χ1n) is 3.50. The molecule has 0 atom stereocenters. The Labute approximate surface area is 65.9 Å². The van der Waals surface area contributed by atoms with Gasteiger partial charge in [-0.3, -0.25) is 0 Å². The Bertz CT molecular complexity index is 263. The number of aromatic nitrogens is 1. The number of aryl methyl sites for hydroxylation is 2. The van der Waals surface area contributed by atoms with Crippen LogP contribution < -0.4 is 0 Å². The highest BCUT2D eigenvalue weighted by Gasteiger charge is 2.05. The van der Waals surface area contributed by atoms with Gasteiger partial charge in [0.1, 0.15) is 5.76 Å². The largest absolute Gasteiger partial charge is 0.445 e. The monoisotopic (exact) mass is 150 g/mol. The van der Waals surface area contributed by atoms with Crippen LogP contribution in [0.15, 0.2) is 4.42 Å². The van der Waals surface area contributed by atoms with Crippen molar-refractivity contribution < 1.29 is 4.42 Å². The predicted octanol–water partition coefficient (Wildman–Crippen LogP) is 1.75. The Morgan fingerprint density at radius 2 is 2.27 bits per heavy atom. The summed E-state index contributed by atoms with van der Waals surface area (Å²) in [7, 11) is 0. The maximum Gasteiger partial charge on any atom is 0.223 e. The van der Waals surface area contributed by atoms with Gasteiger partial charge in [0.25, 0.3) is 0 Å². The van der Waals surface area contributed by atoms with Gasteiger partial charge in [0.05, 0.1) is 12.1 Å². The molecule has 0 aliphatic carbocycles. The van der Waals surface area contributed by atoms with Crippen molar-refractivity contribution in [2.75, 3.05) is 6.54 Å². The zero-order valence-corrected chi connectivity index (χ0v) is 6.72. The SMILES string of the molecule is [C-]#[N+]CCc1nc(C)c(C)o1. The summed E-state index contributed by atoms with van der Waals surface area (Å²) in [5.41, 5.74) is 0.921. The topological polar surface area (TPSA) is 30.4 Å². The third-order valence-corrected chi connectivity index (χ3v) is 1.51. The fraction of sp³-hybridized carbons (Fsp3) is 0.500. The van der Waals surface area contributed by atoms with Gasteiger partial charge in [0.15, 0.2) is 0 Å². The predicted molar refractivity (Wildman–Crippen MR) is 41.2 cm³/mol. The summed E-state index contributed by atoms with van der Waals surface area (Å²) in [5, 5.41) is 0. The van der Waals surface area contributed by atoms with E-state index in [0.29, 0.717) is 18.9 Å². The smallest absolute Gasteiger partial charge is 0.223 e.